The molecule has 2 heterocycles. The number of carbonyl (C=O) groups excluding carboxylic acids is 1. The number of rotatable bonds is 5. The molecule has 1 aromatic heterocycles. The zero-order chi connectivity index (χ0) is 18.9. The molecule has 140 valence electrons. The van der Waals surface area contributed by atoms with Crippen LogP contribution in [0.1, 0.15) is 59.4 Å². The smallest absolute Gasteiger partial charge is 0.341 e. The van der Waals surface area contributed by atoms with Crippen molar-refractivity contribution in [3.05, 3.63) is 52.8 Å². The maximum atomic E-state index is 12.6. The van der Waals surface area contributed by atoms with Crippen LogP contribution in [0.25, 0.3) is 0 Å². The summed E-state index contributed by atoms with van der Waals surface area (Å²) >= 11 is 0. The number of nitrogens with zero attached hydrogens (tertiary/aromatic N) is 2. The fourth-order valence-corrected chi connectivity index (χ4v) is 4.86. The van der Waals surface area contributed by atoms with Gasteiger partial charge in [0.1, 0.15) is 12.2 Å². The number of ether oxygens (including phenoxy) is 1. The van der Waals surface area contributed by atoms with Crippen molar-refractivity contribution in [2.45, 2.75) is 45.8 Å². The second kappa shape index (κ2) is 7.23. The van der Waals surface area contributed by atoms with Crippen LogP contribution in [0.5, 0.6) is 0 Å². The maximum absolute atomic E-state index is 12.6. The van der Waals surface area contributed by atoms with Crippen molar-refractivity contribution in [1.82, 2.24) is 9.78 Å². The Labute approximate surface area is 154 Å². The van der Waals surface area contributed by atoms with Crippen molar-refractivity contribution < 1.29 is 17.9 Å². The average Bonchev–Trinajstić information content (AvgIpc) is 3.17. The summed E-state index contributed by atoms with van der Waals surface area (Å²) in [7, 11) is -3.02. The van der Waals surface area contributed by atoms with E-state index in [1.54, 1.807) is 10.9 Å². The van der Waals surface area contributed by atoms with Crippen molar-refractivity contribution >= 4 is 15.8 Å². The molecule has 3 rings (SSSR count). The minimum Gasteiger partial charge on any atom is -0.457 e. The summed E-state index contributed by atoms with van der Waals surface area (Å²) in [6.07, 6.45) is 2.17. The van der Waals surface area contributed by atoms with Gasteiger partial charge in [0.15, 0.2) is 9.84 Å². The highest BCUT2D eigenvalue weighted by molar-refractivity contribution is 7.91. The van der Waals surface area contributed by atoms with Crippen molar-refractivity contribution in [2.75, 3.05) is 11.5 Å². The zero-order valence-electron chi connectivity index (χ0n) is 15.3. The molecule has 1 fully saturated rings. The normalized spacial score (nSPS) is 19.0. The lowest BCUT2D eigenvalue weighted by molar-refractivity contribution is 0.0470. The topological polar surface area (TPSA) is 78.3 Å². The summed E-state index contributed by atoms with van der Waals surface area (Å²) in [6.45, 7) is 6.08. The highest BCUT2D eigenvalue weighted by atomic mass is 32.2. The molecule has 1 aliphatic heterocycles. The quantitative estimate of drug-likeness (QED) is 0.750. The molecule has 0 saturated carbocycles. The Morgan fingerprint density at radius 2 is 2.08 bits per heavy atom. The van der Waals surface area contributed by atoms with E-state index in [1.165, 1.54) is 0 Å². The van der Waals surface area contributed by atoms with Gasteiger partial charge in [-0.05, 0) is 30.4 Å². The molecule has 1 aliphatic rings. The van der Waals surface area contributed by atoms with Gasteiger partial charge in [0.25, 0.3) is 0 Å². The van der Waals surface area contributed by atoms with Crippen LogP contribution >= 0.6 is 0 Å². The third-order valence-corrected chi connectivity index (χ3v) is 6.48. The lowest BCUT2D eigenvalue weighted by Crippen LogP contribution is -2.12. The number of carbonyl (C=O) groups is 1. The van der Waals surface area contributed by atoms with E-state index < -0.39 is 15.8 Å². The summed E-state index contributed by atoms with van der Waals surface area (Å²) in [5, 5.41) is 4.50. The van der Waals surface area contributed by atoms with Gasteiger partial charge < -0.3 is 4.74 Å². The summed E-state index contributed by atoms with van der Waals surface area (Å²) < 4.78 is 30.6. The van der Waals surface area contributed by atoms with E-state index in [0.717, 1.165) is 11.1 Å². The second-order valence-electron chi connectivity index (χ2n) is 7.12. The molecule has 0 N–H and O–H groups in total. The van der Waals surface area contributed by atoms with Crippen LogP contribution in [0.3, 0.4) is 0 Å². The lowest BCUT2D eigenvalue weighted by atomic mass is 10.1. The Hall–Kier alpha value is -2.15. The Balaban J connectivity index is 1.80. The van der Waals surface area contributed by atoms with Gasteiger partial charge in [0, 0.05) is 6.20 Å². The first-order chi connectivity index (χ1) is 12.3. The summed E-state index contributed by atoms with van der Waals surface area (Å²) in [5.41, 5.74) is 3.08. The van der Waals surface area contributed by atoms with E-state index in [1.807, 2.05) is 45.0 Å². The molecule has 1 atom stereocenters. The number of aromatic nitrogens is 2. The molecule has 0 radical (unpaired) electrons. The van der Waals surface area contributed by atoms with E-state index in [9.17, 15) is 13.2 Å². The maximum Gasteiger partial charge on any atom is 0.341 e. The molecule has 0 aliphatic carbocycles. The first-order valence-electron chi connectivity index (χ1n) is 8.78. The molecule has 6 nitrogen and oxygen atoms in total. The second-order valence-corrected chi connectivity index (χ2v) is 9.35. The predicted octanol–water partition coefficient (Wildman–Crippen LogP) is 3.03. The van der Waals surface area contributed by atoms with Gasteiger partial charge in [0.2, 0.25) is 0 Å². The highest BCUT2D eigenvalue weighted by Crippen LogP contribution is 2.27. The van der Waals surface area contributed by atoms with Crippen molar-refractivity contribution in [3.8, 4) is 0 Å². The van der Waals surface area contributed by atoms with Crippen LogP contribution in [-0.2, 0) is 21.2 Å². The number of benzene rings is 1. The minimum absolute atomic E-state index is 0.0373. The van der Waals surface area contributed by atoms with Gasteiger partial charge in [-0.3, -0.25) is 4.68 Å². The van der Waals surface area contributed by atoms with Gasteiger partial charge in [-0.25, -0.2) is 13.2 Å². The van der Waals surface area contributed by atoms with E-state index in [4.69, 9.17) is 4.74 Å². The molecule has 1 unspecified atom stereocenters. The third-order valence-electron chi connectivity index (χ3n) is 4.73. The van der Waals surface area contributed by atoms with Crippen LogP contribution in [0.4, 0.5) is 0 Å². The number of hydrogen-bond acceptors (Lipinski definition) is 5. The van der Waals surface area contributed by atoms with E-state index >= 15 is 0 Å². The Kier molecular flexibility index (Phi) is 5.18. The summed E-state index contributed by atoms with van der Waals surface area (Å²) in [4.78, 5) is 12.6. The van der Waals surface area contributed by atoms with Crippen molar-refractivity contribution in [2.24, 2.45) is 0 Å². The number of sulfone groups is 1. The van der Waals surface area contributed by atoms with Gasteiger partial charge in [-0.2, -0.15) is 5.10 Å². The zero-order valence-corrected chi connectivity index (χ0v) is 16.1. The third kappa shape index (κ3) is 3.98. The molecule has 0 amide bonds. The Morgan fingerprint density at radius 3 is 2.69 bits per heavy atom. The van der Waals surface area contributed by atoms with Gasteiger partial charge >= 0.3 is 5.97 Å². The number of aryl methyl sites for hydroxylation is 1. The highest BCUT2D eigenvalue weighted by Gasteiger charge is 2.31. The molecule has 2 aromatic rings. The SMILES string of the molecule is Cc1ccccc1COC(=O)c1cn(C2CCS(=O)(=O)C2)nc1C(C)C. The monoisotopic (exact) mass is 376 g/mol. The molecule has 1 saturated heterocycles. The molecular weight excluding hydrogens is 352 g/mol. The largest absolute Gasteiger partial charge is 0.457 e. The minimum atomic E-state index is -3.02. The van der Waals surface area contributed by atoms with Crippen molar-refractivity contribution in [1.29, 1.82) is 0 Å². The predicted molar refractivity (Wildman–Crippen MR) is 98.9 cm³/mol. The van der Waals surface area contributed by atoms with E-state index in [-0.39, 0.29) is 30.1 Å². The molecule has 1 aromatic carbocycles. The Bertz CT molecular complexity index is 915. The lowest BCUT2D eigenvalue weighted by Gasteiger charge is -2.08. The van der Waals surface area contributed by atoms with E-state index in [2.05, 4.69) is 5.10 Å². The molecule has 0 spiro atoms. The van der Waals surface area contributed by atoms with Crippen LogP contribution < -0.4 is 0 Å². The van der Waals surface area contributed by atoms with Gasteiger partial charge in [-0.15, -0.1) is 0 Å². The summed E-state index contributed by atoms with van der Waals surface area (Å²) in [6, 6.07) is 7.54. The fraction of sp³-hybridized carbons (Fsp3) is 0.474. The molecule has 26 heavy (non-hydrogen) atoms. The molecular formula is C19H24N2O4S. The van der Waals surface area contributed by atoms with Crippen LogP contribution in [0.2, 0.25) is 0 Å². The van der Waals surface area contributed by atoms with Crippen LogP contribution in [0.15, 0.2) is 30.5 Å². The van der Waals surface area contributed by atoms with Gasteiger partial charge in [0.05, 0.1) is 23.2 Å². The number of esters is 1. The van der Waals surface area contributed by atoms with Gasteiger partial charge in [-0.1, -0.05) is 38.1 Å². The summed E-state index contributed by atoms with van der Waals surface area (Å²) in [5.74, 6) is -0.148. The molecule has 0 bridgehead atoms. The van der Waals surface area contributed by atoms with Crippen LogP contribution in [-0.4, -0.2) is 35.7 Å². The Morgan fingerprint density at radius 1 is 1.35 bits per heavy atom. The first-order valence-corrected chi connectivity index (χ1v) is 10.6. The number of hydrogen-bond donors (Lipinski definition) is 0. The van der Waals surface area contributed by atoms with E-state index in [0.29, 0.717) is 17.7 Å². The fourth-order valence-electron chi connectivity index (χ4n) is 3.15. The van der Waals surface area contributed by atoms with Crippen molar-refractivity contribution in [3.63, 3.8) is 0 Å². The first kappa shape index (κ1) is 18.6. The van der Waals surface area contributed by atoms with Crippen LogP contribution in [0, 0.1) is 6.92 Å². The molecule has 7 heteroatoms. The average molecular weight is 376 g/mol. The standard InChI is InChI=1S/C19H24N2O4S/c1-13(2)18-17(10-21(20-18)16-8-9-26(23,24)12-16)19(22)25-11-15-7-5-4-6-14(15)3/h4-7,10,13,16H,8-9,11-12H2,1-3H3.